The van der Waals surface area contributed by atoms with Gasteiger partial charge in [-0.1, -0.05) is 20.4 Å². The van der Waals surface area contributed by atoms with E-state index in [0.717, 1.165) is 0 Å². The number of ether oxygens (including phenoxy) is 2. The van der Waals surface area contributed by atoms with Crippen LogP contribution in [0.2, 0.25) is 0 Å². The lowest BCUT2D eigenvalue weighted by Gasteiger charge is -2.23. The molecule has 19 heavy (non-hydrogen) atoms. The van der Waals surface area contributed by atoms with Gasteiger partial charge in [0.25, 0.3) is 0 Å². The van der Waals surface area contributed by atoms with Crippen molar-refractivity contribution < 1.29 is 32.2 Å². The van der Waals surface area contributed by atoms with E-state index in [1.54, 1.807) is 0 Å². The van der Waals surface area contributed by atoms with Gasteiger partial charge in [0.15, 0.2) is 6.10 Å². The van der Waals surface area contributed by atoms with Gasteiger partial charge in [0.05, 0.1) is 0 Å². The molecule has 0 rings (SSSR count). The van der Waals surface area contributed by atoms with Crippen LogP contribution in [-0.4, -0.2) is 30.3 Å². The summed E-state index contributed by atoms with van der Waals surface area (Å²) in [7, 11) is 0. The number of esters is 2. The second-order valence-electron chi connectivity index (χ2n) is 4.47. The van der Waals surface area contributed by atoms with Crippen LogP contribution in [0.4, 0.5) is 13.2 Å². The highest BCUT2D eigenvalue weighted by molar-refractivity contribution is 5.89. The number of halogens is 3. The van der Waals surface area contributed by atoms with Crippen LogP contribution in [0.15, 0.2) is 12.2 Å². The van der Waals surface area contributed by atoms with Crippen molar-refractivity contribution in [3.8, 4) is 0 Å². The molecule has 0 aromatic rings. The summed E-state index contributed by atoms with van der Waals surface area (Å²) >= 11 is 0. The predicted molar refractivity (Wildman–Crippen MR) is 61.1 cm³/mol. The van der Waals surface area contributed by atoms with Crippen molar-refractivity contribution in [2.24, 2.45) is 5.92 Å². The van der Waals surface area contributed by atoms with Crippen LogP contribution in [-0.2, 0) is 19.1 Å². The molecule has 0 bridgehead atoms. The maximum atomic E-state index is 12.3. The van der Waals surface area contributed by atoms with Gasteiger partial charge in [-0.25, -0.2) is 9.59 Å². The topological polar surface area (TPSA) is 52.6 Å². The lowest BCUT2D eigenvalue weighted by Crippen LogP contribution is -2.39. The fourth-order valence-corrected chi connectivity index (χ4v) is 0.980. The Kier molecular flexibility index (Phi) is 6.05. The monoisotopic (exact) mass is 282 g/mol. The number of hydrogen-bond acceptors (Lipinski definition) is 4. The highest BCUT2D eigenvalue weighted by Gasteiger charge is 2.41. The molecule has 0 heterocycles. The SMILES string of the molecule is C=C(C)C(=O)OC(C(=O)OC(C)C(F)(F)F)C(C)C. The lowest BCUT2D eigenvalue weighted by molar-refractivity contribution is -0.222. The van der Waals surface area contributed by atoms with E-state index in [2.05, 4.69) is 11.3 Å². The molecule has 2 unspecified atom stereocenters. The van der Waals surface area contributed by atoms with E-state index in [1.807, 2.05) is 0 Å². The summed E-state index contributed by atoms with van der Waals surface area (Å²) in [5, 5.41) is 0. The number of hydrogen-bond donors (Lipinski definition) is 0. The van der Waals surface area contributed by atoms with Crippen LogP contribution < -0.4 is 0 Å². The summed E-state index contributed by atoms with van der Waals surface area (Å²) in [5.41, 5.74) is 0.0438. The van der Waals surface area contributed by atoms with Gasteiger partial charge in [-0.3, -0.25) is 0 Å². The Morgan fingerprint density at radius 3 is 1.89 bits per heavy atom. The molecule has 0 N–H and O–H groups in total. The van der Waals surface area contributed by atoms with E-state index >= 15 is 0 Å². The number of alkyl halides is 3. The van der Waals surface area contributed by atoms with Crippen molar-refractivity contribution >= 4 is 11.9 Å². The summed E-state index contributed by atoms with van der Waals surface area (Å²) in [5.74, 6) is -2.60. The molecule has 0 amide bonds. The molecule has 0 aliphatic heterocycles. The fraction of sp³-hybridized carbons (Fsp3) is 0.667. The van der Waals surface area contributed by atoms with Crippen LogP contribution in [0.3, 0.4) is 0 Å². The van der Waals surface area contributed by atoms with Crippen molar-refractivity contribution in [1.82, 2.24) is 0 Å². The minimum absolute atomic E-state index is 0.0438. The number of rotatable bonds is 5. The van der Waals surface area contributed by atoms with Crippen molar-refractivity contribution in [1.29, 1.82) is 0 Å². The molecule has 0 aliphatic rings. The smallest absolute Gasteiger partial charge is 0.425 e. The molecule has 0 spiro atoms. The molecule has 7 heteroatoms. The minimum Gasteiger partial charge on any atom is -0.450 e. The first-order valence-corrected chi connectivity index (χ1v) is 5.60. The summed E-state index contributed by atoms with van der Waals surface area (Å²) in [4.78, 5) is 22.9. The average molecular weight is 282 g/mol. The van der Waals surface area contributed by atoms with Gasteiger partial charge in [-0.2, -0.15) is 13.2 Å². The first-order chi connectivity index (χ1) is 8.46. The van der Waals surface area contributed by atoms with Gasteiger partial charge in [0, 0.05) is 11.5 Å². The summed E-state index contributed by atoms with van der Waals surface area (Å²) in [6.07, 6.45) is -8.31. The molecule has 0 saturated heterocycles. The molecular weight excluding hydrogens is 265 g/mol. The first-order valence-electron chi connectivity index (χ1n) is 5.60. The van der Waals surface area contributed by atoms with Crippen LogP contribution >= 0.6 is 0 Å². The Labute approximate surface area is 109 Å². The standard InChI is InChI=1S/C12H17F3O4/c1-6(2)9(19-10(16)7(3)4)11(17)18-8(5)12(13,14)15/h6,8-9H,3H2,1-2,4-5H3. The van der Waals surface area contributed by atoms with Crippen LogP contribution in [0.25, 0.3) is 0 Å². The quantitative estimate of drug-likeness (QED) is 0.574. The third-order valence-corrected chi connectivity index (χ3v) is 2.17. The minimum atomic E-state index is -4.66. The molecule has 0 aromatic heterocycles. The predicted octanol–water partition coefficient (Wildman–Crippen LogP) is 2.62. The zero-order valence-electron chi connectivity index (χ0n) is 11.2. The Bertz CT molecular complexity index is 360. The number of carbonyl (C=O) groups excluding carboxylic acids is 2. The zero-order valence-corrected chi connectivity index (χ0v) is 11.2. The van der Waals surface area contributed by atoms with Gasteiger partial charge in [0.2, 0.25) is 6.10 Å². The molecule has 0 aromatic carbocycles. The number of carbonyl (C=O) groups is 2. The second kappa shape index (κ2) is 6.58. The van der Waals surface area contributed by atoms with E-state index in [9.17, 15) is 22.8 Å². The van der Waals surface area contributed by atoms with Crippen molar-refractivity contribution in [2.75, 3.05) is 0 Å². The summed E-state index contributed by atoms with van der Waals surface area (Å²) in [6.45, 7) is 8.44. The third-order valence-electron chi connectivity index (χ3n) is 2.17. The molecule has 0 fully saturated rings. The van der Waals surface area contributed by atoms with E-state index in [0.29, 0.717) is 6.92 Å². The molecule has 0 radical (unpaired) electrons. The Balaban J connectivity index is 4.77. The van der Waals surface area contributed by atoms with Gasteiger partial charge < -0.3 is 9.47 Å². The third kappa shape index (κ3) is 5.76. The van der Waals surface area contributed by atoms with Crippen LogP contribution in [0.5, 0.6) is 0 Å². The van der Waals surface area contributed by atoms with Gasteiger partial charge >= 0.3 is 18.1 Å². The van der Waals surface area contributed by atoms with Gasteiger partial charge in [-0.05, 0) is 13.8 Å². The Morgan fingerprint density at radius 2 is 1.58 bits per heavy atom. The van der Waals surface area contributed by atoms with Gasteiger partial charge in [-0.15, -0.1) is 0 Å². The van der Waals surface area contributed by atoms with Crippen molar-refractivity contribution in [3.63, 3.8) is 0 Å². The van der Waals surface area contributed by atoms with Crippen LogP contribution in [0, 0.1) is 5.92 Å². The molecule has 2 atom stereocenters. The molecule has 4 nitrogen and oxygen atoms in total. The van der Waals surface area contributed by atoms with Gasteiger partial charge in [0.1, 0.15) is 0 Å². The lowest BCUT2D eigenvalue weighted by atomic mass is 10.1. The summed E-state index contributed by atoms with van der Waals surface area (Å²) < 4.78 is 45.8. The van der Waals surface area contributed by atoms with E-state index in [4.69, 9.17) is 4.74 Å². The Morgan fingerprint density at radius 1 is 1.11 bits per heavy atom. The largest absolute Gasteiger partial charge is 0.450 e. The normalized spacial score (nSPS) is 14.7. The van der Waals surface area contributed by atoms with Crippen LogP contribution in [0.1, 0.15) is 27.7 Å². The van der Waals surface area contributed by atoms with Crippen molar-refractivity contribution in [3.05, 3.63) is 12.2 Å². The molecule has 110 valence electrons. The second-order valence-corrected chi connectivity index (χ2v) is 4.47. The maximum Gasteiger partial charge on any atom is 0.425 e. The highest BCUT2D eigenvalue weighted by atomic mass is 19.4. The summed E-state index contributed by atoms with van der Waals surface area (Å²) in [6, 6.07) is 0. The molecule has 0 aliphatic carbocycles. The van der Waals surface area contributed by atoms with E-state index < -0.39 is 36.2 Å². The maximum absolute atomic E-state index is 12.3. The molecular formula is C12H17F3O4. The molecule has 0 saturated carbocycles. The van der Waals surface area contributed by atoms with Crippen molar-refractivity contribution in [2.45, 2.75) is 46.1 Å². The van der Waals surface area contributed by atoms with E-state index in [1.165, 1.54) is 20.8 Å². The highest BCUT2D eigenvalue weighted by Crippen LogP contribution is 2.23. The average Bonchev–Trinajstić information content (AvgIpc) is 2.22. The first kappa shape index (κ1) is 17.5. The Hall–Kier alpha value is -1.53. The zero-order chi connectivity index (χ0) is 15.4. The van der Waals surface area contributed by atoms with E-state index in [-0.39, 0.29) is 5.57 Å². The fourth-order valence-electron chi connectivity index (χ4n) is 0.980.